The molecule has 0 aliphatic rings. The topological polar surface area (TPSA) is 60.2 Å². The van der Waals surface area contributed by atoms with Crippen LogP contribution in [0.5, 0.6) is 5.75 Å². The predicted octanol–water partition coefficient (Wildman–Crippen LogP) is 5.61. The van der Waals surface area contributed by atoms with Gasteiger partial charge in [-0.3, -0.25) is 4.79 Å². The predicted molar refractivity (Wildman–Crippen MR) is 137 cm³/mol. The summed E-state index contributed by atoms with van der Waals surface area (Å²) in [5.41, 5.74) is 3.96. The molecule has 4 aromatic rings. The van der Waals surface area contributed by atoms with Crippen molar-refractivity contribution in [3.63, 3.8) is 0 Å². The Morgan fingerprint density at radius 3 is 2.50 bits per heavy atom. The first-order valence-electron chi connectivity index (χ1n) is 11.2. The summed E-state index contributed by atoms with van der Waals surface area (Å²) in [5, 5.41) is 9.51. The summed E-state index contributed by atoms with van der Waals surface area (Å²) in [6.07, 6.45) is 0. The quantitative estimate of drug-likeness (QED) is 0.297. The summed E-state index contributed by atoms with van der Waals surface area (Å²) in [4.78, 5) is 15.3. The van der Waals surface area contributed by atoms with Gasteiger partial charge >= 0.3 is 0 Å². The van der Waals surface area contributed by atoms with Gasteiger partial charge in [0.05, 0.1) is 25.0 Å². The summed E-state index contributed by atoms with van der Waals surface area (Å²) >= 11 is 1.40. The lowest BCUT2D eigenvalue weighted by Gasteiger charge is -2.23. The van der Waals surface area contributed by atoms with E-state index in [-0.39, 0.29) is 11.7 Å². The number of hydrogen-bond donors (Lipinski definition) is 0. The smallest absolute Gasteiger partial charge is 0.237 e. The second-order valence-electron chi connectivity index (χ2n) is 7.84. The highest BCUT2D eigenvalue weighted by Gasteiger charge is 2.21. The minimum atomic E-state index is 0.0175. The molecule has 0 aliphatic carbocycles. The van der Waals surface area contributed by atoms with Crippen LogP contribution in [0.15, 0.2) is 84.0 Å². The number of methoxy groups -OCH3 is 1. The van der Waals surface area contributed by atoms with Gasteiger partial charge in [0.15, 0.2) is 11.0 Å². The lowest BCUT2D eigenvalue weighted by atomic mass is 10.1. The Bertz CT molecular complexity index is 1260. The van der Waals surface area contributed by atoms with Crippen LogP contribution in [0.1, 0.15) is 18.1 Å². The van der Waals surface area contributed by atoms with Crippen LogP contribution in [0.4, 0.5) is 5.69 Å². The van der Waals surface area contributed by atoms with Gasteiger partial charge in [-0.25, -0.2) is 0 Å². The first kappa shape index (κ1) is 23.6. The second kappa shape index (κ2) is 11.0. The van der Waals surface area contributed by atoms with Gasteiger partial charge in [-0.05, 0) is 49.2 Å². The highest BCUT2D eigenvalue weighted by Crippen LogP contribution is 2.31. The minimum absolute atomic E-state index is 0.0175. The van der Waals surface area contributed by atoms with Crippen molar-refractivity contribution in [1.29, 1.82) is 0 Å². The van der Waals surface area contributed by atoms with E-state index in [4.69, 9.17) is 4.74 Å². The fourth-order valence-corrected chi connectivity index (χ4v) is 4.68. The van der Waals surface area contributed by atoms with Crippen molar-refractivity contribution in [3.8, 4) is 17.1 Å². The van der Waals surface area contributed by atoms with Gasteiger partial charge in [0.1, 0.15) is 5.75 Å². The first-order valence-corrected chi connectivity index (χ1v) is 12.2. The standard InChI is InChI=1S/C27H28N4O2S/c1-4-30-26(23-15-8-9-16-24(23)33-3)28-29-27(30)34-19-25(32)31(18-21-12-6-5-7-13-21)22-14-10-11-20(2)17-22/h5-17H,4,18-19H2,1-3H3. The molecule has 0 fully saturated rings. The number of amides is 1. The van der Waals surface area contributed by atoms with E-state index in [2.05, 4.69) is 10.2 Å². The molecule has 0 saturated heterocycles. The van der Waals surface area contributed by atoms with E-state index >= 15 is 0 Å². The molecule has 0 atom stereocenters. The number of benzene rings is 3. The Morgan fingerprint density at radius 1 is 1.00 bits per heavy atom. The molecule has 0 aliphatic heterocycles. The van der Waals surface area contributed by atoms with Gasteiger partial charge < -0.3 is 14.2 Å². The van der Waals surface area contributed by atoms with Crippen LogP contribution in [0.25, 0.3) is 11.4 Å². The third-order valence-electron chi connectivity index (χ3n) is 5.50. The monoisotopic (exact) mass is 472 g/mol. The van der Waals surface area contributed by atoms with Crippen LogP contribution in [0, 0.1) is 6.92 Å². The number of para-hydroxylation sites is 1. The summed E-state index contributed by atoms with van der Waals surface area (Å²) in [6.45, 7) is 5.27. The fraction of sp³-hybridized carbons (Fsp3) is 0.222. The summed E-state index contributed by atoms with van der Waals surface area (Å²) < 4.78 is 7.52. The average molecular weight is 473 g/mol. The minimum Gasteiger partial charge on any atom is -0.496 e. The number of carbonyl (C=O) groups excluding carboxylic acids is 1. The Hall–Kier alpha value is -3.58. The van der Waals surface area contributed by atoms with Crippen LogP contribution in [0.2, 0.25) is 0 Å². The highest BCUT2D eigenvalue weighted by molar-refractivity contribution is 7.99. The molecule has 7 heteroatoms. The van der Waals surface area contributed by atoms with Crippen molar-refractivity contribution in [2.75, 3.05) is 17.8 Å². The van der Waals surface area contributed by atoms with Crippen LogP contribution >= 0.6 is 11.8 Å². The molecule has 0 unspecified atom stereocenters. The number of aryl methyl sites for hydroxylation is 1. The van der Waals surface area contributed by atoms with E-state index in [1.54, 1.807) is 7.11 Å². The van der Waals surface area contributed by atoms with Gasteiger partial charge in [0, 0.05) is 12.2 Å². The molecule has 0 saturated carbocycles. The molecular weight excluding hydrogens is 444 g/mol. The molecule has 0 radical (unpaired) electrons. The molecule has 1 heterocycles. The molecule has 0 N–H and O–H groups in total. The number of thioether (sulfide) groups is 1. The van der Waals surface area contributed by atoms with E-state index in [1.165, 1.54) is 11.8 Å². The van der Waals surface area contributed by atoms with Crippen molar-refractivity contribution < 1.29 is 9.53 Å². The van der Waals surface area contributed by atoms with Crippen LogP contribution in [0.3, 0.4) is 0 Å². The van der Waals surface area contributed by atoms with E-state index in [0.29, 0.717) is 18.2 Å². The Balaban J connectivity index is 1.56. The Kier molecular flexibility index (Phi) is 7.65. The number of rotatable bonds is 9. The van der Waals surface area contributed by atoms with E-state index in [0.717, 1.165) is 34.0 Å². The number of ether oxygens (including phenoxy) is 1. The zero-order valence-corrected chi connectivity index (χ0v) is 20.5. The number of hydrogen-bond acceptors (Lipinski definition) is 5. The Morgan fingerprint density at radius 2 is 1.76 bits per heavy atom. The molecule has 174 valence electrons. The molecule has 4 rings (SSSR count). The zero-order chi connectivity index (χ0) is 23.9. The molecular formula is C27H28N4O2S. The number of nitrogens with zero attached hydrogens (tertiary/aromatic N) is 4. The van der Waals surface area contributed by atoms with Gasteiger partial charge in [0.2, 0.25) is 5.91 Å². The molecule has 1 amide bonds. The highest BCUT2D eigenvalue weighted by atomic mass is 32.2. The largest absolute Gasteiger partial charge is 0.496 e. The molecule has 1 aromatic heterocycles. The maximum absolute atomic E-state index is 13.4. The van der Waals surface area contributed by atoms with E-state index in [9.17, 15) is 4.79 Å². The number of anilines is 1. The summed E-state index contributed by atoms with van der Waals surface area (Å²) in [6, 6.07) is 25.8. The Labute approximate surface area is 204 Å². The summed E-state index contributed by atoms with van der Waals surface area (Å²) in [7, 11) is 1.65. The summed E-state index contributed by atoms with van der Waals surface area (Å²) in [5.74, 6) is 1.74. The fourth-order valence-electron chi connectivity index (χ4n) is 3.80. The normalized spacial score (nSPS) is 10.8. The van der Waals surface area contributed by atoms with Crippen molar-refractivity contribution >= 4 is 23.4 Å². The van der Waals surface area contributed by atoms with Crippen molar-refractivity contribution in [3.05, 3.63) is 90.0 Å². The lowest BCUT2D eigenvalue weighted by molar-refractivity contribution is -0.116. The van der Waals surface area contributed by atoms with Crippen LogP contribution in [-0.2, 0) is 17.9 Å². The zero-order valence-electron chi connectivity index (χ0n) is 19.6. The van der Waals surface area contributed by atoms with Crippen LogP contribution < -0.4 is 9.64 Å². The maximum Gasteiger partial charge on any atom is 0.237 e. The lowest BCUT2D eigenvalue weighted by Crippen LogP contribution is -2.32. The molecule has 34 heavy (non-hydrogen) atoms. The third kappa shape index (κ3) is 5.31. The maximum atomic E-state index is 13.4. The van der Waals surface area contributed by atoms with Crippen molar-refractivity contribution in [2.45, 2.75) is 32.1 Å². The molecule has 6 nitrogen and oxygen atoms in total. The van der Waals surface area contributed by atoms with Crippen LogP contribution in [-0.4, -0.2) is 33.5 Å². The molecule has 0 spiro atoms. The van der Waals surface area contributed by atoms with Crippen molar-refractivity contribution in [1.82, 2.24) is 14.8 Å². The second-order valence-corrected chi connectivity index (χ2v) is 8.79. The van der Waals surface area contributed by atoms with Gasteiger partial charge in [-0.2, -0.15) is 0 Å². The van der Waals surface area contributed by atoms with E-state index < -0.39 is 0 Å². The molecule has 3 aromatic carbocycles. The third-order valence-corrected chi connectivity index (χ3v) is 6.46. The van der Waals surface area contributed by atoms with Gasteiger partial charge in [-0.1, -0.05) is 66.4 Å². The number of aromatic nitrogens is 3. The van der Waals surface area contributed by atoms with E-state index in [1.807, 2.05) is 102 Å². The van der Waals surface area contributed by atoms with Gasteiger partial charge in [-0.15, -0.1) is 10.2 Å². The SMILES string of the molecule is CCn1c(SCC(=O)N(Cc2ccccc2)c2cccc(C)c2)nnc1-c1ccccc1OC. The number of carbonyl (C=O) groups is 1. The molecule has 0 bridgehead atoms. The first-order chi connectivity index (χ1) is 16.6. The average Bonchev–Trinajstić information content (AvgIpc) is 3.29. The van der Waals surface area contributed by atoms with Gasteiger partial charge in [0.25, 0.3) is 0 Å². The van der Waals surface area contributed by atoms with Crippen molar-refractivity contribution in [2.24, 2.45) is 0 Å².